The van der Waals surface area contributed by atoms with Crippen LogP contribution in [0.25, 0.3) is 5.82 Å². The fourth-order valence-electron chi connectivity index (χ4n) is 3.32. The lowest BCUT2D eigenvalue weighted by Crippen LogP contribution is -2.47. The zero-order valence-corrected chi connectivity index (χ0v) is 16.0. The molecule has 140 valence electrons. The molecule has 3 aromatic heterocycles. The molecule has 0 atom stereocenters. The molecule has 0 N–H and O–H groups in total. The second-order valence-corrected chi connectivity index (χ2v) is 6.79. The molecule has 0 bridgehead atoms. The van der Waals surface area contributed by atoms with E-state index in [0.29, 0.717) is 0 Å². The van der Waals surface area contributed by atoms with Gasteiger partial charge < -0.3 is 9.80 Å². The number of hydrogen-bond donors (Lipinski definition) is 0. The first-order chi connectivity index (χ1) is 13.1. The Balaban J connectivity index is 1.46. The summed E-state index contributed by atoms with van der Waals surface area (Å²) in [6.07, 6.45) is 6.40. The molecule has 1 fully saturated rings. The van der Waals surface area contributed by atoms with Gasteiger partial charge in [-0.15, -0.1) is 0 Å². The zero-order chi connectivity index (χ0) is 18.8. The number of hydrogen-bond acceptors (Lipinski definition) is 7. The van der Waals surface area contributed by atoms with Gasteiger partial charge >= 0.3 is 0 Å². The molecule has 4 rings (SSSR count). The van der Waals surface area contributed by atoms with E-state index in [4.69, 9.17) is 0 Å². The van der Waals surface area contributed by atoms with Crippen LogP contribution in [0.5, 0.6) is 0 Å². The summed E-state index contributed by atoms with van der Waals surface area (Å²) in [6.45, 7) is 9.60. The van der Waals surface area contributed by atoms with Gasteiger partial charge in [-0.3, -0.25) is 0 Å². The SMILES string of the molecule is CCc1cnc(N2CCN(c3cc(-n4nc(C)cc4C)ncn3)CC2)nc1. The summed E-state index contributed by atoms with van der Waals surface area (Å²) in [5, 5.41) is 4.52. The van der Waals surface area contributed by atoms with E-state index in [-0.39, 0.29) is 0 Å². The first kappa shape index (κ1) is 17.4. The molecule has 0 saturated carbocycles. The molecule has 0 amide bonds. The summed E-state index contributed by atoms with van der Waals surface area (Å²) in [5.41, 5.74) is 3.21. The number of anilines is 2. The van der Waals surface area contributed by atoms with Gasteiger partial charge in [-0.1, -0.05) is 6.92 Å². The van der Waals surface area contributed by atoms with Crippen molar-refractivity contribution in [3.8, 4) is 5.82 Å². The highest BCUT2D eigenvalue weighted by Crippen LogP contribution is 2.19. The van der Waals surface area contributed by atoms with Crippen LogP contribution in [0.4, 0.5) is 11.8 Å². The molecule has 0 unspecified atom stereocenters. The fourth-order valence-corrected chi connectivity index (χ4v) is 3.32. The average molecular weight is 364 g/mol. The van der Waals surface area contributed by atoms with E-state index >= 15 is 0 Å². The fraction of sp³-hybridized carbons (Fsp3) is 0.421. The van der Waals surface area contributed by atoms with Crippen molar-refractivity contribution in [2.75, 3.05) is 36.0 Å². The van der Waals surface area contributed by atoms with Crippen LogP contribution in [0.3, 0.4) is 0 Å². The van der Waals surface area contributed by atoms with Crippen LogP contribution < -0.4 is 9.80 Å². The third-order valence-corrected chi connectivity index (χ3v) is 4.85. The maximum Gasteiger partial charge on any atom is 0.225 e. The molecular weight excluding hydrogens is 340 g/mol. The minimum Gasteiger partial charge on any atom is -0.353 e. The molecular formula is C19H24N8. The van der Waals surface area contributed by atoms with Crippen LogP contribution in [0.1, 0.15) is 23.9 Å². The molecule has 8 nitrogen and oxygen atoms in total. The molecule has 0 aromatic carbocycles. The molecule has 27 heavy (non-hydrogen) atoms. The summed E-state index contributed by atoms with van der Waals surface area (Å²) in [7, 11) is 0. The summed E-state index contributed by atoms with van der Waals surface area (Å²) in [6, 6.07) is 4.05. The van der Waals surface area contributed by atoms with Crippen molar-refractivity contribution < 1.29 is 0 Å². The van der Waals surface area contributed by atoms with E-state index < -0.39 is 0 Å². The summed E-state index contributed by atoms with van der Waals surface area (Å²) in [4.78, 5) is 22.3. The second-order valence-electron chi connectivity index (χ2n) is 6.79. The molecule has 0 spiro atoms. The highest BCUT2D eigenvalue weighted by Gasteiger charge is 2.20. The van der Waals surface area contributed by atoms with Crippen molar-refractivity contribution in [3.05, 3.63) is 47.8 Å². The van der Waals surface area contributed by atoms with Gasteiger partial charge in [-0.05, 0) is 31.9 Å². The molecule has 0 aliphatic carbocycles. The zero-order valence-electron chi connectivity index (χ0n) is 16.0. The lowest BCUT2D eigenvalue weighted by molar-refractivity contribution is 0.632. The largest absolute Gasteiger partial charge is 0.353 e. The summed E-state index contributed by atoms with van der Waals surface area (Å²) in [5.74, 6) is 2.53. The van der Waals surface area contributed by atoms with Gasteiger partial charge in [-0.25, -0.2) is 24.6 Å². The Labute approximate surface area is 158 Å². The number of nitrogens with zero attached hydrogens (tertiary/aromatic N) is 8. The maximum atomic E-state index is 4.52. The Kier molecular flexibility index (Phi) is 4.70. The Morgan fingerprint density at radius 1 is 0.852 bits per heavy atom. The number of piperazine rings is 1. The summed E-state index contributed by atoms with van der Waals surface area (Å²) >= 11 is 0. The lowest BCUT2D eigenvalue weighted by atomic mass is 10.3. The van der Waals surface area contributed by atoms with E-state index in [1.54, 1.807) is 6.33 Å². The van der Waals surface area contributed by atoms with Gasteiger partial charge in [-0.2, -0.15) is 5.10 Å². The predicted molar refractivity (Wildman–Crippen MR) is 104 cm³/mol. The van der Waals surface area contributed by atoms with Crippen molar-refractivity contribution >= 4 is 11.8 Å². The van der Waals surface area contributed by atoms with E-state index in [0.717, 1.165) is 67.1 Å². The Bertz CT molecular complexity index is 910. The van der Waals surface area contributed by atoms with Crippen LogP contribution in [0, 0.1) is 13.8 Å². The highest BCUT2D eigenvalue weighted by atomic mass is 15.3. The molecule has 8 heteroatoms. The number of aryl methyl sites for hydroxylation is 3. The van der Waals surface area contributed by atoms with Gasteiger partial charge in [0.25, 0.3) is 0 Å². The third-order valence-electron chi connectivity index (χ3n) is 4.85. The van der Waals surface area contributed by atoms with Crippen LogP contribution in [-0.4, -0.2) is 55.9 Å². The Morgan fingerprint density at radius 3 is 2.15 bits per heavy atom. The van der Waals surface area contributed by atoms with Gasteiger partial charge in [0.1, 0.15) is 12.1 Å². The molecule has 1 saturated heterocycles. The normalized spacial score (nSPS) is 14.6. The first-order valence-electron chi connectivity index (χ1n) is 9.30. The molecule has 4 heterocycles. The number of rotatable bonds is 4. The minimum absolute atomic E-state index is 0.798. The van der Waals surface area contributed by atoms with Gasteiger partial charge in [0.15, 0.2) is 5.82 Å². The van der Waals surface area contributed by atoms with Gasteiger partial charge in [0.2, 0.25) is 5.95 Å². The topological polar surface area (TPSA) is 75.9 Å². The average Bonchev–Trinajstić information content (AvgIpc) is 3.06. The van der Waals surface area contributed by atoms with Crippen molar-refractivity contribution in [2.45, 2.75) is 27.2 Å². The predicted octanol–water partition coefficient (Wildman–Crippen LogP) is 1.96. The van der Waals surface area contributed by atoms with E-state index in [1.165, 1.54) is 0 Å². The standard InChI is InChI=1S/C19H24N8/c1-4-16-11-20-19(21-12-16)26-7-5-25(6-8-26)17-10-18(23-13-22-17)27-15(3)9-14(2)24-27/h9-13H,4-8H2,1-3H3. The molecule has 0 radical (unpaired) electrons. The van der Waals surface area contributed by atoms with Gasteiger partial charge in [0, 0.05) is 50.3 Å². The van der Waals surface area contributed by atoms with Crippen LogP contribution in [0.2, 0.25) is 0 Å². The van der Waals surface area contributed by atoms with Crippen LogP contribution >= 0.6 is 0 Å². The van der Waals surface area contributed by atoms with E-state index in [9.17, 15) is 0 Å². The van der Waals surface area contributed by atoms with E-state index in [2.05, 4.69) is 41.8 Å². The Morgan fingerprint density at radius 2 is 1.52 bits per heavy atom. The summed E-state index contributed by atoms with van der Waals surface area (Å²) < 4.78 is 1.86. The number of aromatic nitrogens is 6. The molecule has 3 aromatic rings. The van der Waals surface area contributed by atoms with E-state index in [1.807, 2.05) is 43.1 Å². The van der Waals surface area contributed by atoms with Crippen LogP contribution in [0.15, 0.2) is 30.9 Å². The smallest absolute Gasteiger partial charge is 0.225 e. The van der Waals surface area contributed by atoms with Crippen molar-refractivity contribution in [3.63, 3.8) is 0 Å². The Hall–Kier alpha value is -3.03. The minimum atomic E-state index is 0.798. The monoisotopic (exact) mass is 364 g/mol. The van der Waals surface area contributed by atoms with Gasteiger partial charge in [0.05, 0.1) is 5.69 Å². The maximum absolute atomic E-state index is 4.52. The molecule has 1 aliphatic rings. The highest BCUT2D eigenvalue weighted by molar-refractivity contribution is 5.46. The molecule has 1 aliphatic heterocycles. The van der Waals surface area contributed by atoms with Crippen molar-refractivity contribution in [2.24, 2.45) is 0 Å². The quantitative estimate of drug-likeness (QED) is 0.700. The third kappa shape index (κ3) is 3.60. The van der Waals surface area contributed by atoms with Crippen molar-refractivity contribution in [1.82, 2.24) is 29.7 Å². The first-order valence-corrected chi connectivity index (χ1v) is 9.30. The lowest BCUT2D eigenvalue weighted by Gasteiger charge is -2.35. The second kappa shape index (κ2) is 7.30. The van der Waals surface area contributed by atoms with Crippen molar-refractivity contribution in [1.29, 1.82) is 0 Å². The van der Waals surface area contributed by atoms with Crippen LogP contribution in [-0.2, 0) is 6.42 Å².